The third-order valence-corrected chi connectivity index (χ3v) is 1.56. The number of hydrogen-bond acceptors (Lipinski definition) is 2. The molecule has 0 fully saturated rings. The molecule has 2 nitrogen and oxygen atoms in total. The molecule has 18 heavy (non-hydrogen) atoms. The molecule has 2 aromatic carbocycles. The number of esters is 1. The van der Waals surface area contributed by atoms with Gasteiger partial charge in [-0.1, -0.05) is 6.58 Å². The van der Waals surface area contributed by atoms with Gasteiger partial charge in [-0.3, -0.25) is 0 Å². The summed E-state index contributed by atoms with van der Waals surface area (Å²) in [7, 11) is 0. The maximum absolute atomic E-state index is 10.1. The van der Waals surface area contributed by atoms with Crippen LogP contribution in [0.1, 0.15) is 6.92 Å². The second-order valence-corrected chi connectivity index (χ2v) is 2.88. The third kappa shape index (κ3) is 14.4. The van der Waals surface area contributed by atoms with Crippen LogP contribution in [0.3, 0.4) is 0 Å². The smallest absolute Gasteiger partial charge is 0.463 e. The summed E-state index contributed by atoms with van der Waals surface area (Å²) in [6.07, 6.45) is 1.14. The van der Waals surface area contributed by atoms with Crippen LogP contribution in [0.5, 0.6) is 0 Å². The SMILES string of the molecule is C=CC(=O)OCC.[Fe+2].c1cc[cH-]c1.c1cc[cH-]c1. The van der Waals surface area contributed by atoms with Gasteiger partial charge in [-0.25, -0.2) is 29.1 Å². The molecular weight excluding hydrogens is 268 g/mol. The topological polar surface area (TPSA) is 26.3 Å². The minimum Gasteiger partial charge on any atom is -0.463 e. The van der Waals surface area contributed by atoms with Crippen molar-refractivity contribution in [3.63, 3.8) is 0 Å². The van der Waals surface area contributed by atoms with Crippen molar-refractivity contribution in [3.05, 3.63) is 73.3 Å². The summed E-state index contributed by atoms with van der Waals surface area (Å²) in [5.74, 6) is -0.359. The molecule has 0 saturated carbocycles. The third-order valence-electron chi connectivity index (χ3n) is 1.56. The van der Waals surface area contributed by atoms with Crippen LogP contribution in [0.15, 0.2) is 73.3 Å². The molecule has 0 amide bonds. The van der Waals surface area contributed by atoms with Crippen LogP contribution in [0, 0.1) is 0 Å². The summed E-state index contributed by atoms with van der Waals surface area (Å²) in [5.41, 5.74) is 0. The van der Waals surface area contributed by atoms with Gasteiger partial charge >= 0.3 is 23.0 Å². The molecule has 0 atom stereocenters. The molecule has 3 heteroatoms. The Balaban J connectivity index is 0. The second-order valence-electron chi connectivity index (χ2n) is 2.88. The molecule has 2 aromatic rings. The van der Waals surface area contributed by atoms with Crippen molar-refractivity contribution in [2.45, 2.75) is 6.92 Å². The first kappa shape index (κ1) is 18.8. The Kier molecular flexibility index (Phi) is 16.1. The van der Waals surface area contributed by atoms with Gasteiger partial charge in [-0.2, -0.15) is 36.4 Å². The van der Waals surface area contributed by atoms with Gasteiger partial charge in [-0.05, 0) is 6.92 Å². The van der Waals surface area contributed by atoms with E-state index in [2.05, 4.69) is 11.3 Å². The Hall–Kier alpha value is -1.57. The fourth-order valence-corrected chi connectivity index (χ4v) is 0.843. The maximum Gasteiger partial charge on any atom is 2.00 e. The van der Waals surface area contributed by atoms with Gasteiger partial charge in [0.25, 0.3) is 0 Å². The first-order chi connectivity index (χ1) is 8.31. The number of carbonyl (C=O) groups is 1. The largest absolute Gasteiger partial charge is 2.00 e. The van der Waals surface area contributed by atoms with E-state index in [9.17, 15) is 4.79 Å². The molecule has 0 radical (unpaired) electrons. The molecular formula is C15H18FeO2. The Morgan fingerprint density at radius 2 is 1.50 bits per heavy atom. The Labute approximate surface area is 119 Å². The number of carbonyl (C=O) groups excluding carboxylic acids is 1. The molecule has 0 N–H and O–H groups in total. The van der Waals surface area contributed by atoms with Gasteiger partial charge < -0.3 is 4.74 Å². The summed E-state index contributed by atoms with van der Waals surface area (Å²) in [6.45, 7) is 5.38. The van der Waals surface area contributed by atoms with E-state index < -0.39 is 0 Å². The first-order valence-corrected chi connectivity index (χ1v) is 5.43. The molecule has 0 aliphatic carbocycles. The summed E-state index contributed by atoms with van der Waals surface area (Å²) in [5, 5.41) is 0. The van der Waals surface area contributed by atoms with Crippen LogP contribution in [-0.2, 0) is 26.6 Å². The van der Waals surface area contributed by atoms with Crippen LogP contribution in [-0.4, -0.2) is 12.6 Å². The van der Waals surface area contributed by atoms with Gasteiger partial charge in [-0.15, -0.1) is 0 Å². The van der Waals surface area contributed by atoms with E-state index in [1.165, 1.54) is 0 Å². The van der Waals surface area contributed by atoms with Gasteiger partial charge in [0.15, 0.2) is 0 Å². The first-order valence-electron chi connectivity index (χ1n) is 5.43. The van der Waals surface area contributed by atoms with Crippen molar-refractivity contribution in [2.24, 2.45) is 0 Å². The summed E-state index contributed by atoms with van der Waals surface area (Å²) >= 11 is 0. The van der Waals surface area contributed by atoms with Crippen LogP contribution < -0.4 is 0 Å². The standard InChI is InChI=1S/C5H8O2.2C5H5.Fe/c1-3-5(6)7-4-2;2*1-2-4-5-3-1;/h3H,1,4H2,2H3;2*1-5H;/q;2*-1;+2. The molecule has 0 aliphatic rings. The van der Waals surface area contributed by atoms with E-state index in [1.807, 2.05) is 60.7 Å². The maximum atomic E-state index is 10.1. The quantitative estimate of drug-likeness (QED) is 0.365. The van der Waals surface area contributed by atoms with E-state index in [-0.39, 0.29) is 23.0 Å². The zero-order chi connectivity index (χ0) is 12.8. The second kappa shape index (κ2) is 15.4. The van der Waals surface area contributed by atoms with Crippen LogP contribution >= 0.6 is 0 Å². The Morgan fingerprint density at radius 1 is 1.11 bits per heavy atom. The normalized spacial score (nSPS) is 7.39. The molecule has 0 aliphatic heterocycles. The van der Waals surface area contributed by atoms with Gasteiger partial charge in [0.2, 0.25) is 0 Å². The van der Waals surface area contributed by atoms with E-state index in [4.69, 9.17) is 0 Å². The average molecular weight is 286 g/mol. The van der Waals surface area contributed by atoms with Gasteiger partial charge in [0.1, 0.15) is 0 Å². The minimum atomic E-state index is -0.359. The van der Waals surface area contributed by atoms with Crippen LogP contribution in [0.25, 0.3) is 0 Å². The fraction of sp³-hybridized carbons (Fsp3) is 0.133. The van der Waals surface area contributed by atoms with Crippen molar-refractivity contribution in [3.8, 4) is 0 Å². The monoisotopic (exact) mass is 286 g/mol. The Bertz CT molecular complexity index is 289. The zero-order valence-corrected chi connectivity index (χ0v) is 11.5. The summed E-state index contributed by atoms with van der Waals surface area (Å²) in [6, 6.07) is 20.0. The average Bonchev–Trinajstić information content (AvgIpc) is 3.07. The van der Waals surface area contributed by atoms with Crippen LogP contribution in [0.2, 0.25) is 0 Å². The van der Waals surface area contributed by atoms with E-state index in [0.717, 1.165) is 6.08 Å². The number of ether oxygens (including phenoxy) is 1. The Morgan fingerprint density at radius 3 is 1.61 bits per heavy atom. The molecule has 98 valence electrons. The molecule has 0 spiro atoms. The van der Waals surface area contributed by atoms with E-state index >= 15 is 0 Å². The predicted molar refractivity (Wildman–Crippen MR) is 70.9 cm³/mol. The molecule has 0 bridgehead atoms. The van der Waals surface area contributed by atoms with Crippen molar-refractivity contribution in [2.75, 3.05) is 6.61 Å². The fourth-order valence-electron chi connectivity index (χ4n) is 0.843. The molecule has 2 rings (SSSR count). The van der Waals surface area contributed by atoms with Gasteiger partial charge in [0, 0.05) is 6.08 Å². The molecule has 0 saturated heterocycles. The predicted octanol–water partition coefficient (Wildman–Crippen LogP) is 3.54. The van der Waals surface area contributed by atoms with Crippen LogP contribution in [0.4, 0.5) is 0 Å². The molecule has 0 aromatic heterocycles. The number of rotatable bonds is 2. The van der Waals surface area contributed by atoms with E-state index in [1.54, 1.807) is 6.92 Å². The van der Waals surface area contributed by atoms with Gasteiger partial charge in [0.05, 0.1) is 6.61 Å². The minimum absolute atomic E-state index is 0. The molecule has 0 unspecified atom stereocenters. The van der Waals surface area contributed by atoms with Crippen molar-refractivity contribution in [1.29, 1.82) is 0 Å². The van der Waals surface area contributed by atoms with Crippen molar-refractivity contribution in [1.82, 2.24) is 0 Å². The molecule has 0 heterocycles. The van der Waals surface area contributed by atoms with Crippen molar-refractivity contribution >= 4 is 5.97 Å². The summed E-state index contributed by atoms with van der Waals surface area (Å²) in [4.78, 5) is 10.1. The zero-order valence-electron chi connectivity index (χ0n) is 10.4. The number of hydrogen-bond donors (Lipinski definition) is 0. The summed E-state index contributed by atoms with van der Waals surface area (Å²) < 4.78 is 4.43. The van der Waals surface area contributed by atoms with Crippen molar-refractivity contribution < 1.29 is 26.6 Å². The van der Waals surface area contributed by atoms with E-state index in [0.29, 0.717) is 6.61 Å².